The molecule has 150 valence electrons. The van der Waals surface area contributed by atoms with Crippen LogP contribution >= 0.6 is 15.9 Å². The highest BCUT2D eigenvalue weighted by molar-refractivity contribution is 9.10. The zero-order valence-corrected chi connectivity index (χ0v) is 18.2. The summed E-state index contributed by atoms with van der Waals surface area (Å²) in [4.78, 5) is 13.9. The molecule has 1 saturated heterocycles. The van der Waals surface area contributed by atoms with E-state index in [0.717, 1.165) is 61.2 Å². The van der Waals surface area contributed by atoms with Gasteiger partial charge in [-0.1, -0.05) is 40.2 Å². The van der Waals surface area contributed by atoms with Crippen molar-refractivity contribution in [3.63, 3.8) is 0 Å². The van der Waals surface area contributed by atoms with Gasteiger partial charge in [0, 0.05) is 49.5 Å². The number of hydrogen-bond donors (Lipinski definition) is 1. The van der Waals surface area contributed by atoms with Crippen molar-refractivity contribution in [1.82, 2.24) is 15.2 Å². The second-order valence-electron chi connectivity index (χ2n) is 6.70. The minimum Gasteiger partial charge on any atom is -0.378 e. The van der Waals surface area contributed by atoms with Crippen LogP contribution in [-0.2, 0) is 17.8 Å². The van der Waals surface area contributed by atoms with Crippen LogP contribution in [0.5, 0.6) is 0 Å². The standard InChI is InChI=1S/C21H28BrN5O/c1-3-23-21(26(2)16-18-7-4-5-9-19(18)22)25-15-17-8-6-10-24-20(17)27-11-13-28-14-12-27/h4-10H,3,11-16H2,1-2H3,(H,23,25). The Balaban J connectivity index is 1.75. The van der Waals surface area contributed by atoms with E-state index in [1.54, 1.807) is 0 Å². The minimum absolute atomic E-state index is 0.586. The van der Waals surface area contributed by atoms with Crippen LogP contribution in [0.2, 0.25) is 0 Å². The molecule has 0 spiro atoms. The highest BCUT2D eigenvalue weighted by Crippen LogP contribution is 2.20. The van der Waals surface area contributed by atoms with Crippen molar-refractivity contribution < 1.29 is 4.74 Å². The van der Waals surface area contributed by atoms with Gasteiger partial charge >= 0.3 is 0 Å². The molecule has 2 heterocycles. The number of anilines is 1. The van der Waals surface area contributed by atoms with E-state index in [4.69, 9.17) is 9.73 Å². The minimum atomic E-state index is 0.586. The summed E-state index contributed by atoms with van der Waals surface area (Å²) in [7, 11) is 2.06. The van der Waals surface area contributed by atoms with E-state index < -0.39 is 0 Å². The Morgan fingerprint density at radius 3 is 2.71 bits per heavy atom. The van der Waals surface area contributed by atoms with Crippen molar-refractivity contribution >= 4 is 27.7 Å². The summed E-state index contributed by atoms with van der Waals surface area (Å²) in [6.45, 7) is 7.51. The van der Waals surface area contributed by atoms with Crippen molar-refractivity contribution in [2.24, 2.45) is 4.99 Å². The lowest BCUT2D eigenvalue weighted by Crippen LogP contribution is -2.39. The van der Waals surface area contributed by atoms with Gasteiger partial charge < -0.3 is 19.9 Å². The van der Waals surface area contributed by atoms with Gasteiger partial charge in [-0.3, -0.25) is 0 Å². The summed E-state index contributed by atoms with van der Waals surface area (Å²) >= 11 is 3.63. The number of aliphatic imine (C=N–C) groups is 1. The van der Waals surface area contributed by atoms with Gasteiger partial charge in [0.2, 0.25) is 0 Å². The lowest BCUT2D eigenvalue weighted by molar-refractivity contribution is 0.122. The first kappa shape index (κ1) is 20.6. The number of rotatable bonds is 6. The molecule has 0 bridgehead atoms. The first-order chi connectivity index (χ1) is 13.7. The molecular formula is C21H28BrN5O. The number of hydrogen-bond acceptors (Lipinski definition) is 4. The summed E-state index contributed by atoms with van der Waals surface area (Å²) in [5.74, 6) is 1.90. The quantitative estimate of drug-likeness (QED) is 0.545. The number of halogens is 1. The van der Waals surface area contributed by atoms with Crippen molar-refractivity contribution in [3.05, 3.63) is 58.2 Å². The second kappa shape index (κ2) is 10.4. The van der Waals surface area contributed by atoms with E-state index in [2.05, 4.69) is 74.3 Å². The molecule has 7 heteroatoms. The Labute approximate surface area is 175 Å². The van der Waals surface area contributed by atoms with E-state index in [1.165, 1.54) is 5.56 Å². The summed E-state index contributed by atoms with van der Waals surface area (Å²) in [5.41, 5.74) is 2.36. The highest BCUT2D eigenvalue weighted by atomic mass is 79.9. The smallest absolute Gasteiger partial charge is 0.194 e. The first-order valence-electron chi connectivity index (χ1n) is 9.68. The zero-order valence-electron chi connectivity index (χ0n) is 16.6. The number of benzene rings is 1. The summed E-state index contributed by atoms with van der Waals surface area (Å²) in [6, 6.07) is 12.4. The predicted octanol–water partition coefficient (Wildman–Crippen LogP) is 3.28. The predicted molar refractivity (Wildman–Crippen MR) is 118 cm³/mol. The van der Waals surface area contributed by atoms with Crippen molar-refractivity contribution in [1.29, 1.82) is 0 Å². The maximum Gasteiger partial charge on any atom is 0.194 e. The molecular weight excluding hydrogens is 418 g/mol. The van der Waals surface area contributed by atoms with Crippen LogP contribution in [-0.4, -0.2) is 55.7 Å². The number of ether oxygens (including phenoxy) is 1. The van der Waals surface area contributed by atoms with Crippen molar-refractivity contribution in [3.8, 4) is 0 Å². The number of nitrogens with zero attached hydrogens (tertiary/aromatic N) is 4. The molecule has 1 aliphatic heterocycles. The fraction of sp³-hybridized carbons (Fsp3) is 0.429. The van der Waals surface area contributed by atoms with Crippen molar-refractivity contribution in [2.45, 2.75) is 20.0 Å². The highest BCUT2D eigenvalue weighted by Gasteiger charge is 2.16. The van der Waals surface area contributed by atoms with Gasteiger partial charge in [0.1, 0.15) is 5.82 Å². The van der Waals surface area contributed by atoms with E-state index in [-0.39, 0.29) is 0 Å². The maximum absolute atomic E-state index is 5.47. The number of aromatic nitrogens is 1. The van der Waals surface area contributed by atoms with E-state index >= 15 is 0 Å². The van der Waals surface area contributed by atoms with Crippen LogP contribution in [0.1, 0.15) is 18.1 Å². The molecule has 0 unspecified atom stereocenters. The third kappa shape index (κ3) is 5.45. The van der Waals surface area contributed by atoms with E-state index in [9.17, 15) is 0 Å². The Morgan fingerprint density at radius 1 is 1.21 bits per heavy atom. The Kier molecular flexibility index (Phi) is 7.68. The van der Waals surface area contributed by atoms with Crippen molar-refractivity contribution in [2.75, 3.05) is 44.8 Å². The second-order valence-corrected chi connectivity index (χ2v) is 7.56. The van der Waals surface area contributed by atoms with Gasteiger partial charge in [0.05, 0.1) is 19.8 Å². The van der Waals surface area contributed by atoms with Crippen LogP contribution in [0.3, 0.4) is 0 Å². The molecule has 1 fully saturated rings. The molecule has 0 atom stereocenters. The SMILES string of the molecule is CCNC(=NCc1cccnc1N1CCOCC1)N(C)Cc1ccccc1Br. The molecule has 1 aromatic heterocycles. The average molecular weight is 446 g/mol. The number of pyridine rings is 1. The van der Waals surface area contributed by atoms with Gasteiger partial charge in [-0.2, -0.15) is 0 Å². The lowest BCUT2D eigenvalue weighted by atomic mass is 10.2. The van der Waals surface area contributed by atoms with Crippen LogP contribution in [0, 0.1) is 0 Å². The average Bonchev–Trinajstić information content (AvgIpc) is 2.73. The summed E-state index contributed by atoms with van der Waals surface area (Å²) < 4.78 is 6.58. The van der Waals surface area contributed by atoms with Gasteiger partial charge in [-0.05, 0) is 24.6 Å². The van der Waals surface area contributed by atoms with Crippen LogP contribution in [0.15, 0.2) is 52.1 Å². The largest absolute Gasteiger partial charge is 0.378 e. The topological polar surface area (TPSA) is 53.0 Å². The third-order valence-electron chi connectivity index (χ3n) is 4.64. The van der Waals surface area contributed by atoms with E-state index in [0.29, 0.717) is 6.54 Å². The number of morpholine rings is 1. The van der Waals surface area contributed by atoms with E-state index in [1.807, 2.05) is 18.3 Å². The molecule has 1 aromatic carbocycles. The van der Waals surface area contributed by atoms with Gasteiger partial charge in [-0.15, -0.1) is 0 Å². The zero-order chi connectivity index (χ0) is 19.8. The fourth-order valence-corrected chi connectivity index (χ4v) is 3.61. The Hall–Kier alpha value is -2.12. The third-order valence-corrected chi connectivity index (χ3v) is 5.41. The molecule has 0 amide bonds. The summed E-state index contributed by atoms with van der Waals surface area (Å²) in [6.07, 6.45) is 1.85. The maximum atomic E-state index is 5.47. The molecule has 2 aromatic rings. The first-order valence-corrected chi connectivity index (χ1v) is 10.5. The van der Waals surface area contributed by atoms with Crippen LogP contribution in [0.4, 0.5) is 5.82 Å². The molecule has 0 saturated carbocycles. The normalized spacial score (nSPS) is 14.8. The van der Waals surface area contributed by atoms with Gasteiger partial charge in [0.15, 0.2) is 5.96 Å². The van der Waals surface area contributed by atoms with Gasteiger partial charge in [-0.25, -0.2) is 9.98 Å². The molecule has 3 rings (SSSR count). The fourth-order valence-electron chi connectivity index (χ4n) is 3.20. The lowest BCUT2D eigenvalue weighted by Gasteiger charge is -2.29. The van der Waals surface area contributed by atoms with Crippen LogP contribution < -0.4 is 10.2 Å². The Bertz CT molecular complexity index is 792. The number of nitrogens with one attached hydrogen (secondary N) is 1. The molecule has 0 aliphatic carbocycles. The Morgan fingerprint density at radius 2 is 1.96 bits per heavy atom. The molecule has 0 radical (unpaired) electrons. The molecule has 1 N–H and O–H groups in total. The van der Waals surface area contributed by atoms with Gasteiger partial charge in [0.25, 0.3) is 0 Å². The summed E-state index contributed by atoms with van der Waals surface area (Å²) in [5, 5.41) is 3.40. The molecule has 1 aliphatic rings. The van der Waals surface area contributed by atoms with Crippen LogP contribution in [0.25, 0.3) is 0 Å². The molecule has 6 nitrogen and oxygen atoms in total. The monoisotopic (exact) mass is 445 g/mol. The molecule has 28 heavy (non-hydrogen) atoms. The number of guanidine groups is 1.